The maximum absolute atomic E-state index is 12.2. The van der Waals surface area contributed by atoms with Gasteiger partial charge in [0.05, 0.1) is 10.1 Å². The Labute approximate surface area is 133 Å². The molecule has 1 heterocycles. The summed E-state index contributed by atoms with van der Waals surface area (Å²) in [6.07, 6.45) is -1.39. The molecule has 2 rings (SSSR count). The number of rotatable bonds is 5. The van der Waals surface area contributed by atoms with Gasteiger partial charge in [-0.15, -0.1) is 0 Å². The number of nitrogens with two attached hydrogens (primary N) is 1. The molecule has 0 aliphatic heterocycles. The van der Waals surface area contributed by atoms with Gasteiger partial charge >= 0.3 is 6.18 Å². The number of carbonyl (C=O) groups is 1. The molecule has 9 heteroatoms. The molecule has 1 aromatic heterocycles. The number of nitrogens with zero attached hydrogens (tertiary/aromatic N) is 1. The molecule has 1 aliphatic rings. The summed E-state index contributed by atoms with van der Waals surface area (Å²) in [7, 11) is 0. The van der Waals surface area contributed by atoms with Crippen molar-refractivity contribution in [2.75, 3.05) is 6.61 Å². The third-order valence-electron chi connectivity index (χ3n) is 3.25. The van der Waals surface area contributed by atoms with Crippen molar-refractivity contribution in [3.8, 4) is 5.75 Å². The minimum Gasteiger partial charge on any atom is -0.483 e. The maximum Gasteiger partial charge on any atom is 0.422 e. The number of pyridine rings is 1. The van der Waals surface area contributed by atoms with E-state index in [1.807, 2.05) is 0 Å². The molecule has 1 atom stereocenters. The summed E-state index contributed by atoms with van der Waals surface area (Å²) < 4.78 is 41.5. The van der Waals surface area contributed by atoms with Gasteiger partial charge in [0.1, 0.15) is 11.4 Å². The Hall–Kier alpha value is -1.35. The van der Waals surface area contributed by atoms with Crippen LogP contribution >= 0.6 is 15.9 Å². The highest BCUT2D eigenvalue weighted by Crippen LogP contribution is 2.36. The highest BCUT2D eigenvalue weighted by Gasteiger charge is 2.39. The van der Waals surface area contributed by atoms with Gasteiger partial charge in [0.25, 0.3) is 5.91 Å². The first-order valence-corrected chi connectivity index (χ1v) is 7.34. The average Bonchev–Trinajstić information content (AvgIpc) is 3.20. The molecule has 1 aliphatic carbocycles. The Bertz CT molecular complexity index is 574. The van der Waals surface area contributed by atoms with Crippen LogP contribution in [-0.2, 0) is 0 Å². The van der Waals surface area contributed by atoms with E-state index in [1.54, 1.807) is 6.92 Å². The number of halogens is 4. The molecule has 1 fully saturated rings. The van der Waals surface area contributed by atoms with E-state index in [4.69, 9.17) is 5.73 Å². The third kappa shape index (κ3) is 4.57. The van der Waals surface area contributed by atoms with Gasteiger partial charge < -0.3 is 15.8 Å². The summed E-state index contributed by atoms with van der Waals surface area (Å²) in [6.45, 7) is 0.246. The van der Waals surface area contributed by atoms with Crippen LogP contribution in [0, 0.1) is 5.92 Å². The normalized spacial score (nSPS) is 17.7. The maximum atomic E-state index is 12.2. The van der Waals surface area contributed by atoms with Crippen molar-refractivity contribution in [3.63, 3.8) is 0 Å². The number of carbonyl (C=O) groups excluding carboxylic acids is 1. The van der Waals surface area contributed by atoms with Crippen molar-refractivity contribution < 1.29 is 22.7 Å². The van der Waals surface area contributed by atoms with Crippen LogP contribution in [-0.4, -0.2) is 29.3 Å². The average molecular weight is 382 g/mol. The zero-order valence-electron chi connectivity index (χ0n) is 11.7. The first-order valence-electron chi connectivity index (χ1n) is 6.55. The zero-order chi connectivity index (χ0) is 16.5. The summed E-state index contributed by atoms with van der Waals surface area (Å²) in [5.41, 5.74) is 5.08. The molecule has 1 saturated carbocycles. The molecule has 0 spiro atoms. The quantitative estimate of drug-likeness (QED) is 0.768. The molecule has 1 aromatic rings. The number of hydrogen-bond donors (Lipinski definition) is 2. The molecule has 22 heavy (non-hydrogen) atoms. The largest absolute Gasteiger partial charge is 0.483 e. The second-order valence-corrected chi connectivity index (χ2v) is 6.27. The Balaban J connectivity index is 2.09. The van der Waals surface area contributed by atoms with Gasteiger partial charge in [0.2, 0.25) is 0 Å². The summed E-state index contributed by atoms with van der Waals surface area (Å²) in [6, 6.07) is 1.15. The van der Waals surface area contributed by atoms with Crippen LogP contribution in [0.4, 0.5) is 13.2 Å². The summed E-state index contributed by atoms with van der Waals surface area (Å²) in [4.78, 5) is 16.0. The van der Waals surface area contributed by atoms with E-state index < -0.39 is 24.4 Å². The van der Waals surface area contributed by atoms with Crippen LogP contribution in [0.15, 0.2) is 16.7 Å². The van der Waals surface area contributed by atoms with Crippen LogP contribution in [0.2, 0.25) is 0 Å². The van der Waals surface area contributed by atoms with Crippen molar-refractivity contribution in [3.05, 3.63) is 22.4 Å². The third-order valence-corrected chi connectivity index (χ3v) is 3.85. The summed E-state index contributed by atoms with van der Waals surface area (Å²) in [5.74, 6) is -0.461. The van der Waals surface area contributed by atoms with E-state index in [9.17, 15) is 18.0 Å². The van der Waals surface area contributed by atoms with E-state index in [1.165, 1.54) is 6.20 Å². The van der Waals surface area contributed by atoms with E-state index >= 15 is 0 Å². The fourth-order valence-corrected chi connectivity index (χ4v) is 2.24. The molecule has 3 N–H and O–H groups in total. The fourth-order valence-electron chi connectivity index (χ4n) is 1.91. The SMILES string of the molecule is CC(N)(NC(=O)c1cc(OCC(F)(F)F)c(Br)cn1)C1CC1. The van der Waals surface area contributed by atoms with E-state index in [0.29, 0.717) is 0 Å². The van der Waals surface area contributed by atoms with Crippen LogP contribution in [0.3, 0.4) is 0 Å². The number of nitrogens with one attached hydrogen (secondary N) is 1. The Kier molecular flexibility index (Phi) is 4.67. The van der Waals surface area contributed by atoms with Gasteiger partial charge in [-0.3, -0.25) is 4.79 Å². The molecule has 0 bridgehead atoms. The highest BCUT2D eigenvalue weighted by atomic mass is 79.9. The van der Waals surface area contributed by atoms with E-state index in [2.05, 4.69) is 31.0 Å². The minimum atomic E-state index is -4.47. The van der Waals surface area contributed by atoms with Crippen LogP contribution in [0.25, 0.3) is 0 Å². The Morgan fingerprint density at radius 1 is 1.55 bits per heavy atom. The number of amides is 1. The smallest absolute Gasteiger partial charge is 0.422 e. The van der Waals surface area contributed by atoms with E-state index in [-0.39, 0.29) is 21.8 Å². The first kappa shape index (κ1) is 17.0. The fraction of sp³-hybridized carbons (Fsp3) is 0.538. The lowest BCUT2D eigenvalue weighted by Crippen LogP contribution is -2.55. The molecule has 5 nitrogen and oxygen atoms in total. The van der Waals surface area contributed by atoms with Crippen molar-refractivity contribution in [1.29, 1.82) is 0 Å². The van der Waals surface area contributed by atoms with Gasteiger partial charge in [-0.2, -0.15) is 13.2 Å². The zero-order valence-corrected chi connectivity index (χ0v) is 13.3. The predicted molar refractivity (Wildman–Crippen MR) is 76.3 cm³/mol. The van der Waals surface area contributed by atoms with Gasteiger partial charge in [0, 0.05) is 12.3 Å². The lowest BCUT2D eigenvalue weighted by Gasteiger charge is -2.25. The highest BCUT2D eigenvalue weighted by molar-refractivity contribution is 9.10. The predicted octanol–water partition coefficient (Wildman–Crippen LogP) is 2.60. The number of hydrogen-bond acceptors (Lipinski definition) is 4. The van der Waals surface area contributed by atoms with Crippen LogP contribution in [0.5, 0.6) is 5.75 Å². The first-order chi connectivity index (χ1) is 10.1. The lowest BCUT2D eigenvalue weighted by atomic mass is 10.1. The Morgan fingerprint density at radius 2 is 2.18 bits per heavy atom. The molecule has 0 radical (unpaired) electrons. The van der Waals surface area contributed by atoms with Crippen molar-refractivity contribution >= 4 is 21.8 Å². The van der Waals surface area contributed by atoms with Gasteiger partial charge in [-0.1, -0.05) is 0 Å². The molecule has 0 aromatic carbocycles. The molecule has 1 unspecified atom stereocenters. The number of ether oxygens (including phenoxy) is 1. The molecular weight excluding hydrogens is 367 g/mol. The van der Waals surface area contributed by atoms with Crippen molar-refractivity contribution in [1.82, 2.24) is 10.3 Å². The topological polar surface area (TPSA) is 77.2 Å². The summed E-state index contributed by atoms with van der Waals surface area (Å²) >= 11 is 3.03. The van der Waals surface area contributed by atoms with Crippen LogP contribution < -0.4 is 15.8 Å². The number of aromatic nitrogens is 1. The second-order valence-electron chi connectivity index (χ2n) is 5.41. The molecule has 1 amide bonds. The standard InChI is InChI=1S/C13H15BrF3N3O2/c1-12(18,7-2-3-7)20-11(21)9-4-10(8(14)5-19-9)22-6-13(15,16)17/h4-5,7H,2-3,6,18H2,1H3,(H,20,21). The molecule has 122 valence electrons. The van der Waals surface area contributed by atoms with Gasteiger partial charge in [-0.05, 0) is 41.6 Å². The van der Waals surface area contributed by atoms with Gasteiger partial charge in [-0.25, -0.2) is 4.98 Å². The van der Waals surface area contributed by atoms with E-state index in [0.717, 1.165) is 18.9 Å². The molecular formula is C13H15BrF3N3O2. The monoisotopic (exact) mass is 381 g/mol. The summed E-state index contributed by atoms with van der Waals surface area (Å²) in [5, 5.41) is 2.64. The van der Waals surface area contributed by atoms with Crippen molar-refractivity contribution in [2.24, 2.45) is 11.7 Å². The molecule has 0 saturated heterocycles. The van der Waals surface area contributed by atoms with Gasteiger partial charge in [0.15, 0.2) is 6.61 Å². The lowest BCUT2D eigenvalue weighted by molar-refractivity contribution is -0.153. The second kappa shape index (κ2) is 6.04. The Morgan fingerprint density at radius 3 is 2.73 bits per heavy atom. The van der Waals surface area contributed by atoms with Crippen molar-refractivity contribution in [2.45, 2.75) is 31.6 Å². The minimum absolute atomic E-state index is 0.0577. The number of alkyl halides is 3. The van der Waals surface area contributed by atoms with Crippen LogP contribution in [0.1, 0.15) is 30.3 Å².